The van der Waals surface area contributed by atoms with Crippen LogP contribution in [0.1, 0.15) is 19.3 Å². The topological polar surface area (TPSA) is 114 Å². The Hall–Kier alpha value is -2.08. The fourth-order valence-corrected chi connectivity index (χ4v) is 5.06. The van der Waals surface area contributed by atoms with Gasteiger partial charge in [-0.3, -0.25) is 4.98 Å². The molecule has 1 aliphatic rings. The van der Waals surface area contributed by atoms with Gasteiger partial charge in [0.2, 0.25) is 20.0 Å². The van der Waals surface area contributed by atoms with E-state index in [0.29, 0.717) is 13.1 Å². The highest BCUT2D eigenvalue weighted by Gasteiger charge is 2.27. The number of rotatable bonds is 5. The van der Waals surface area contributed by atoms with Gasteiger partial charge in [0.05, 0.1) is 21.7 Å². The fraction of sp³-hybridized carbons (Fsp3) is 0.389. The van der Waals surface area contributed by atoms with Crippen LogP contribution in [0, 0.1) is 5.82 Å². The summed E-state index contributed by atoms with van der Waals surface area (Å²) in [6.07, 6.45) is 5.17. The maximum atomic E-state index is 14.8. The van der Waals surface area contributed by atoms with Crippen LogP contribution in [0.4, 0.5) is 10.1 Å². The summed E-state index contributed by atoms with van der Waals surface area (Å²) in [6.45, 7) is 1.21. The number of benzene rings is 1. The zero-order valence-electron chi connectivity index (χ0n) is 16.2. The molecule has 1 aromatic heterocycles. The number of piperidine rings is 1. The van der Waals surface area contributed by atoms with E-state index in [9.17, 15) is 21.2 Å². The normalized spacial score (nSPS) is 15.7. The number of aromatic nitrogens is 1. The molecule has 0 atom stereocenters. The summed E-state index contributed by atoms with van der Waals surface area (Å²) in [5, 5.41) is 5.37. The summed E-state index contributed by atoms with van der Waals surface area (Å²) in [4.78, 5) is 5.28. The van der Waals surface area contributed by atoms with E-state index in [-0.39, 0.29) is 26.6 Å². The third kappa shape index (κ3) is 4.27. The lowest BCUT2D eigenvalue weighted by Crippen LogP contribution is -2.31. The highest BCUT2D eigenvalue weighted by molar-refractivity contribution is 7.89. The fourth-order valence-electron chi connectivity index (χ4n) is 3.40. The van der Waals surface area contributed by atoms with Gasteiger partial charge < -0.3 is 4.90 Å². The molecule has 2 aromatic rings. The van der Waals surface area contributed by atoms with Crippen molar-refractivity contribution in [1.29, 1.82) is 0 Å². The van der Waals surface area contributed by atoms with Gasteiger partial charge in [0.15, 0.2) is 5.82 Å². The Bertz CT molecular complexity index is 1130. The molecule has 0 bridgehead atoms. The number of hydrogen-bond donors (Lipinski definition) is 1. The summed E-state index contributed by atoms with van der Waals surface area (Å²) < 4.78 is 65.3. The summed E-state index contributed by atoms with van der Waals surface area (Å²) in [5.41, 5.74) is 0.388. The number of nitrogens with zero attached hydrogens (tertiary/aromatic N) is 3. The van der Waals surface area contributed by atoms with Gasteiger partial charge in [-0.25, -0.2) is 30.7 Å². The molecule has 1 saturated heterocycles. The Labute approximate surface area is 170 Å². The van der Waals surface area contributed by atoms with Gasteiger partial charge >= 0.3 is 0 Å². The monoisotopic (exact) mass is 442 g/mol. The van der Waals surface area contributed by atoms with Crippen LogP contribution in [0.15, 0.2) is 40.4 Å². The van der Waals surface area contributed by atoms with Crippen molar-refractivity contribution in [2.45, 2.75) is 29.1 Å². The van der Waals surface area contributed by atoms with Gasteiger partial charge in [-0.1, -0.05) is 0 Å². The zero-order valence-corrected chi connectivity index (χ0v) is 17.8. The van der Waals surface area contributed by atoms with E-state index in [1.807, 2.05) is 4.90 Å². The molecule has 0 aliphatic carbocycles. The minimum atomic E-state index is -4.20. The molecule has 1 aliphatic heterocycles. The minimum absolute atomic E-state index is 0.00278. The SMILES string of the molecule is CN(C)S(=O)(=O)c1ccc(S(N)(=O)=O)c(-c2cncc(F)c2N2CCCCC2)c1. The molecule has 3 rings (SSSR count). The van der Waals surface area contributed by atoms with Crippen molar-refractivity contribution >= 4 is 25.7 Å². The van der Waals surface area contributed by atoms with E-state index in [4.69, 9.17) is 5.14 Å². The Morgan fingerprint density at radius 2 is 1.69 bits per heavy atom. The Balaban J connectivity index is 2.31. The maximum absolute atomic E-state index is 14.8. The number of pyridine rings is 1. The van der Waals surface area contributed by atoms with Crippen LogP contribution in [0.25, 0.3) is 11.1 Å². The molecule has 0 amide bonds. The number of anilines is 1. The second-order valence-corrected chi connectivity index (χ2v) is 10.7. The highest BCUT2D eigenvalue weighted by Crippen LogP contribution is 2.38. The molecule has 29 heavy (non-hydrogen) atoms. The van der Waals surface area contributed by atoms with Gasteiger partial charge in [-0.2, -0.15) is 0 Å². The predicted molar refractivity (Wildman–Crippen MR) is 108 cm³/mol. The average molecular weight is 443 g/mol. The van der Waals surface area contributed by atoms with E-state index < -0.39 is 25.9 Å². The number of primary sulfonamides is 1. The van der Waals surface area contributed by atoms with Crippen LogP contribution >= 0.6 is 0 Å². The average Bonchev–Trinajstić information content (AvgIpc) is 2.67. The van der Waals surface area contributed by atoms with E-state index in [1.54, 1.807) is 0 Å². The summed E-state index contributed by atoms with van der Waals surface area (Å²) in [5.74, 6) is -0.606. The van der Waals surface area contributed by atoms with Crippen molar-refractivity contribution < 1.29 is 21.2 Å². The van der Waals surface area contributed by atoms with Crippen molar-refractivity contribution in [1.82, 2.24) is 9.29 Å². The van der Waals surface area contributed by atoms with Crippen LogP contribution in [0.2, 0.25) is 0 Å². The first-order chi connectivity index (χ1) is 13.5. The molecule has 0 saturated carbocycles. The first kappa shape index (κ1) is 21.6. The quantitative estimate of drug-likeness (QED) is 0.755. The van der Waals surface area contributed by atoms with Crippen LogP contribution in [-0.4, -0.2) is 53.3 Å². The Morgan fingerprint density at radius 3 is 2.28 bits per heavy atom. The molecule has 0 spiro atoms. The summed E-state index contributed by atoms with van der Waals surface area (Å²) in [6, 6.07) is 3.51. The third-order valence-electron chi connectivity index (χ3n) is 4.87. The molecule has 0 radical (unpaired) electrons. The lowest BCUT2D eigenvalue weighted by molar-refractivity contribution is 0.520. The molecular weight excluding hydrogens is 419 g/mol. The van der Waals surface area contributed by atoms with Crippen molar-refractivity contribution in [2.75, 3.05) is 32.1 Å². The lowest BCUT2D eigenvalue weighted by Gasteiger charge is -2.31. The highest BCUT2D eigenvalue weighted by atomic mass is 32.2. The molecule has 1 fully saturated rings. The van der Waals surface area contributed by atoms with Gasteiger partial charge in [0.25, 0.3) is 0 Å². The van der Waals surface area contributed by atoms with E-state index in [1.165, 1.54) is 32.4 Å². The molecular formula is C18H23FN4O4S2. The number of nitrogens with two attached hydrogens (primary N) is 1. The smallest absolute Gasteiger partial charge is 0.242 e. The first-order valence-electron chi connectivity index (χ1n) is 9.01. The zero-order chi connectivity index (χ0) is 21.4. The Kier molecular flexibility index (Phi) is 5.95. The molecule has 2 heterocycles. The van der Waals surface area contributed by atoms with Gasteiger partial charge in [-0.05, 0) is 37.5 Å². The molecule has 0 unspecified atom stereocenters. The number of sulfonamides is 2. The number of hydrogen-bond acceptors (Lipinski definition) is 6. The van der Waals surface area contributed by atoms with Crippen molar-refractivity contribution in [3.63, 3.8) is 0 Å². The van der Waals surface area contributed by atoms with Crippen LogP contribution in [0.5, 0.6) is 0 Å². The van der Waals surface area contributed by atoms with Crippen molar-refractivity contribution in [2.24, 2.45) is 5.14 Å². The van der Waals surface area contributed by atoms with Gasteiger partial charge in [0, 0.05) is 44.5 Å². The van der Waals surface area contributed by atoms with Crippen molar-refractivity contribution in [3.8, 4) is 11.1 Å². The van der Waals surface area contributed by atoms with E-state index in [0.717, 1.165) is 35.8 Å². The van der Waals surface area contributed by atoms with Crippen LogP contribution in [-0.2, 0) is 20.0 Å². The number of halogens is 1. The van der Waals surface area contributed by atoms with Crippen LogP contribution < -0.4 is 10.0 Å². The second-order valence-electron chi connectivity index (χ2n) is 7.06. The third-order valence-corrected chi connectivity index (χ3v) is 7.65. The molecule has 158 valence electrons. The van der Waals surface area contributed by atoms with Crippen molar-refractivity contribution in [3.05, 3.63) is 36.4 Å². The lowest BCUT2D eigenvalue weighted by atomic mass is 10.0. The van der Waals surface area contributed by atoms with Crippen LogP contribution in [0.3, 0.4) is 0 Å². The Morgan fingerprint density at radius 1 is 1.03 bits per heavy atom. The summed E-state index contributed by atoms with van der Waals surface area (Å²) >= 11 is 0. The standard InChI is InChI=1S/C18H23FN4O4S2/c1-22(2)29(26,27)13-6-7-17(28(20,24)25)14(10-13)15-11-21-12-16(19)18(15)23-8-4-3-5-9-23/h6-7,10-12H,3-5,8-9H2,1-2H3,(H2,20,24,25). The molecule has 1 aromatic carbocycles. The largest absolute Gasteiger partial charge is 0.369 e. The maximum Gasteiger partial charge on any atom is 0.242 e. The first-order valence-corrected chi connectivity index (χ1v) is 12.0. The minimum Gasteiger partial charge on any atom is -0.369 e. The molecule has 2 N–H and O–H groups in total. The van der Waals surface area contributed by atoms with Gasteiger partial charge in [-0.15, -0.1) is 0 Å². The second kappa shape index (κ2) is 7.98. The van der Waals surface area contributed by atoms with Gasteiger partial charge in [0.1, 0.15) is 0 Å². The van der Waals surface area contributed by atoms with E-state index >= 15 is 0 Å². The predicted octanol–water partition coefficient (Wildman–Crippen LogP) is 1.78. The summed E-state index contributed by atoms with van der Waals surface area (Å²) in [7, 11) is -5.32. The van der Waals surface area contributed by atoms with E-state index in [2.05, 4.69) is 4.98 Å². The molecule has 11 heteroatoms. The molecule has 8 nitrogen and oxygen atoms in total.